The fourth-order valence-electron chi connectivity index (χ4n) is 4.07. The minimum absolute atomic E-state index is 0.870. The zero-order chi connectivity index (χ0) is 21.0. The second-order valence-corrected chi connectivity index (χ2v) is 8.64. The molecule has 152 valence electrons. The van der Waals surface area contributed by atoms with Gasteiger partial charge >= 0.3 is 0 Å². The smallest absolute Gasteiger partial charge is 0.213 e. The Hall–Kier alpha value is -3.30. The van der Waals surface area contributed by atoms with Crippen molar-refractivity contribution < 1.29 is 4.57 Å². The average molecular weight is 422 g/mol. The van der Waals surface area contributed by atoms with E-state index in [9.17, 15) is 0 Å². The fourth-order valence-corrected chi connectivity index (χ4v) is 5.14. The van der Waals surface area contributed by atoms with Gasteiger partial charge in [0.05, 0.1) is 16.1 Å². The predicted molar refractivity (Wildman–Crippen MR) is 132 cm³/mol. The van der Waals surface area contributed by atoms with E-state index in [1.807, 2.05) is 11.8 Å². The molecule has 0 amide bonds. The Morgan fingerprint density at radius 3 is 2.52 bits per heavy atom. The number of benzene rings is 3. The molecule has 2 nitrogen and oxygen atoms in total. The van der Waals surface area contributed by atoms with E-state index in [4.69, 9.17) is 0 Å². The number of fused-ring (bicyclic) bond motifs is 2. The van der Waals surface area contributed by atoms with Crippen LogP contribution in [0.25, 0.3) is 17.0 Å². The molecule has 31 heavy (non-hydrogen) atoms. The largest absolute Gasteiger partial charge is 0.331 e. The van der Waals surface area contributed by atoms with Crippen molar-refractivity contribution in [3.63, 3.8) is 0 Å². The van der Waals surface area contributed by atoms with Crippen LogP contribution < -0.4 is 9.47 Å². The van der Waals surface area contributed by atoms with Crippen LogP contribution in [0.4, 0.5) is 5.69 Å². The van der Waals surface area contributed by atoms with Gasteiger partial charge in [-0.15, -0.1) is 0 Å². The van der Waals surface area contributed by atoms with Crippen molar-refractivity contribution in [1.82, 2.24) is 0 Å². The Morgan fingerprint density at radius 1 is 0.871 bits per heavy atom. The number of aryl methyl sites for hydroxylation is 1. The Balaban J connectivity index is 1.47. The summed E-state index contributed by atoms with van der Waals surface area (Å²) < 4.78 is 2.29. The fraction of sp³-hybridized carbons (Fsp3) is 0.107. The lowest BCUT2D eigenvalue weighted by molar-refractivity contribution is -0.667. The number of nitrogens with zero attached hydrogens (tertiary/aromatic N) is 2. The molecule has 0 radical (unpaired) electrons. The molecule has 0 spiro atoms. The molecule has 0 N–H and O–H groups in total. The van der Waals surface area contributed by atoms with Crippen LogP contribution in [0.1, 0.15) is 18.1 Å². The normalized spacial score (nSPS) is 14.6. The second kappa shape index (κ2) is 8.83. The van der Waals surface area contributed by atoms with Crippen LogP contribution in [0.3, 0.4) is 0 Å². The highest BCUT2D eigenvalue weighted by Crippen LogP contribution is 2.46. The Kier molecular flexibility index (Phi) is 5.59. The molecule has 2 heterocycles. The average Bonchev–Trinajstić information content (AvgIpc) is 3.17. The van der Waals surface area contributed by atoms with E-state index in [1.54, 1.807) is 0 Å². The third-order valence-corrected chi connectivity index (χ3v) is 6.76. The molecule has 0 saturated carbocycles. The van der Waals surface area contributed by atoms with Gasteiger partial charge in [-0.1, -0.05) is 78.5 Å². The Morgan fingerprint density at radius 2 is 1.65 bits per heavy atom. The van der Waals surface area contributed by atoms with E-state index >= 15 is 0 Å². The highest BCUT2D eigenvalue weighted by Gasteiger charge is 2.24. The van der Waals surface area contributed by atoms with Gasteiger partial charge in [0.25, 0.3) is 0 Å². The van der Waals surface area contributed by atoms with E-state index in [2.05, 4.69) is 126 Å². The third kappa shape index (κ3) is 4.01. The maximum absolute atomic E-state index is 2.41. The molecule has 1 aromatic heterocycles. The van der Waals surface area contributed by atoms with Crippen molar-refractivity contribution in [3.8, 4) is 0 Å². The van der Waals surface area contributed by atoms with Gasteiger partial charge in [-0.05, 0) is 42.3 Å². The van der Waals surface area contributed by atoms with Gasteiger partial charge in [0.1, 0.15) is 6.54 Å². The van der Waals surface area contributed by atoms with Gasteiger partial charge < -0.3 is 4.90 Å². The van der Waals surface area contributed by atoms with E-state index in [1.165, 1.54) is 37.6 Å². The first-order valence-corrected chi connectivity index (χ1v) is 11.5. The number of anilines is 1. The van der Waals surface area contributed by atoms with Crippen molar-refractivity contribution in [3.05, 3.63) is 119 Å². The maximum atomic E-state index is 2.41. The summed E-state index contributed by atoms with van der Waals surface area (Å²) in [5.74, 6) is 0. The molecule has 5 rings (SSSR count). The first-order chi connectivity index (χ1) is 15.3. The van der Waals surface area contributed by atoms with Crippen LogP contribution in [0, 0.1) is 0 Å². The summed E-state index contributed by atoms with van der Waals surface area (Å²) in [6.07, 6.45) is 8.82. The minimum Gasteiger partial charge on any atom is -0.331 e. The standard InChI is InChI=1S/C28H25N2S/c1-2-29-20-19-23(24-14-6-7-15-25(24)29)13-10-18-28-30(21-22-11-4-3-5-12-22)26-16-8-9-17-27(26)31-28/h3-20H,2,21H2,1H3/q+1. The van der Waals surface area contributed by atoms with Gasteiger partial charge in [0, 0.05) is 23.6 Å². The summed E-state index contributed by atoms with van der Waals surface area (Å²) in [5, 5.41) is 2.54. The molecule has 0 fully saturated rings. The SMILES string of the molecule is CC[n+]1ccc(/C=C/C=C2\Sc3ccccc3N2Cc2ccccc2)c2ccccc21. The van der Waals surface area contributed by atoms with Gasteiger partial charge in [0.15, 0.2) is 6.20 Å². The van der Waals surface area contributed by atoms with Gasteiger partial charge in [-0.25, -0.2) is 0 Å². The molecular formula is C28H25N2S+. The first kappa shape index (κ1) is 19.7. The molecule has 1 aliphatic rings. The minimum atomic E-state index is 0.870. The number of pyridine rings is 1. The Labute approximate surface area is 188 Å². The molecule has 0 atom stereocenters. The highest BCUT2D eigenvalue weighted by molar-refractivity contribution is 8.03. The van der Waals surface area contributed by atoms with Gasteiger partial charge in [-0.2, -0.15) is 4.57 Å². The van der Waals surface area contributed by atoms with Crippen molar-refractivity contribution in [1.29, 1.82) is 0 Å². The number of thioether (sulfide) groups is 1. The van der Waals surface area contributed by atoms with Gasteiger partial charge in [-0.3, -0.25) is 0 Å². The third-order valence-electron chi connectivity index (χ3n) is 5.63. The van der Waals surface area contributed by atoms with Crippen LogP contribution in [0.2, 0.25) is 0 Å². The molecule has 0 saturated heterocycles. The van der Waals surface area contributed by atoms with Crippen LogP contribution >= 0.6 is 11.8 Å². The van der Waals surface area contributed by atoms with Crippen molar-refractivity contribution in [2.75, 3.05) is 4.90 Å². The van der Waals surface area contributed by atoms with Crippen LogP contribution in [0.15, 0.2) is 113 Å². The summed E-state index contributed by atoms with van der Waals surface area (Å²) >= 11 is 1.84. The van der Waals surface area contributed by atoms with E-state index in [0.717, 1.165) is 13.1 Å². The molecule has 3 heteroatoms. The molecule has 4 aromatic rings. The highest BCUT2D eigenvalue weighted by atomic mass is 32.2. The maximum Gasteiger partial charge on any atom is 0.213 e. The number of rotatable bonds is 5. The van der Waals surface area contributed by atoms with Crippen molar-refractivity contribution in [2.24, 2.45) is 0 Å². The van der Waals surface area contributed by atoms with Crippen molar-refractivity contribution in [2.45, 2.75) is 24.9 Å². The predicted octanol–water partition coefficient (Wildman–Crippen LogP) is 6.81. The zero-order valence-corrected chi connectivity index (χ0v) is 18.4. The van der Waals surface area contributed by atoms with Crippen LogP contribution in [0.5, 0.6) is 0 Å². The second-order valence-electron chi connectivity index (χ2n) is 7.58. The lowest BCUT2D eigenvalue weighted by Crippen LogP contribution is -2.32. The lowest BCUT2D eigenvalue weighted by atomic mass is 10.1. The number of aromatic nitrogens is 1. The first-order valence-electron chi connectivity index (χ1n) is 10.7. The lowest BCUT2D eigenvalue weighted by Gasteiger charge is -2.20. The van der Waals surface area contributed by atoms with Crippen LogP contribution in [-0.2, 0) is 13.1 Å². The Bertz CT molecular complexity index is 1270. The molecule has 0 bridgehead atoms. The number of hydrogen-bond donors (Lipinski definition) is 0. The number of allylic oxidation sites excluding steroid dienone is 2. The van der Waals surface area contributed by atoms with Gasteiger partial charge in [0.2, 0.25) is 5.52 Å². The molecule has 0 unspecified atom stereocenters. The summed E-state index contributed by atoms with van der Waals surface area (Å²) in [6.45, 7) is 4.02. The van der Waals surface area contributed by atoms with Crippen molar-refractivity contribution >= 4 is 34.4 Å². The summed E-state index contributed by atoms with van der Waals surface area (Å²) in [7, 11) is 0. The topological polar surface area (TPSA) is 7.12 Å². The molecule has 3 aromatic carbocycles. The van der Waals surface area contributed by atoms with Crippen LogP contribution in [-0.4, -0.2) is 0 Å². The van der Waals surface area contributed by atoms with E-state index in [-0.39, 0.29) is 0 Å². The summed E-state index contributed by atoms with van der Waals surface area (Å²) in [4.78, 5) is 3.72. The van der Waals surface area contributed by atoms with E-state index < -0.39 is 0 Å². The van der Waals surface area contributed by atoms with E-state index in [0.29, 0.717) is 0 Å². The number of para-hydroxylation sites is 2. The molecular weight excluding hydrogens is 396 g/mol. The molecule has 1 aliphatic heterocycles. The quantitative estimate of drug-likeness (QED) is 0.327. The summed E-state index contributed by atoms with van der Waals surface area (Å²) in [5.41, 5.74) is 5.11. The number of hydrogen-bond acceptors (Lipinski definition) is 2. The molecule has 0 aliphatic carbocycles. The monoisotopic (exact) mass is 421 g/mol. The zero-order valence-electron chi connectivity index (χ0n) is 17.6. The summed E-state index contributed by atoms with van der Waals surface area (Å²) in [6, 6.07) is 30.2.